The number of rotatable bonds is 4. The van der Waals surface area contributed by atoms with Crippen LogP contribution in [-0.4, -0.2) is 9.97 Å². The van der Waals surface area contributed by atoms with Crippen LogP contribution in [0.15, 0.2) is 54.7 Å². The minimum absolute atomic E-state index is 0.496. The Balaban J connectivity index is 1.68. The van der Waals surface area contributed by atoms with E-state index in [1.165, 1.54) is 22.3 Å². The summed E-state index contributed by atoms with van der Waals surface area (Å²) in [6, 6.07) is 17.2. The number of nitrogens with zero attached hydrogens (tertiary/aromatic N) is 2. The topological polar surface area (TPSA) is 51.8 Å². The van der Waals surface area contributed by atoms with E-state index in [9.17, 15) is 0 Å². The van der Waals surface area contributed by atoms with Gasteiger partial charge in [-0.3, -0.25) is 4.98 Å². The lowest BCUT2D eigenvalue weighted by atomic mass is 10.0. The summed E-state index contributed by atoms with van der Waals surface area (Å²) in [5.41, 5.74) is 12.8. The molecule has 2 aromatic carbocycles. The maximum absolute atomic E-state index is 6.14. The Morgan fingerprint density at radius 3 is 2.46 bits per heavy atom. The van der Waals surface area contributed by atoms with Gasteiger partial charge in [0.15, 0.2) is 5.82 Å². The molecule has 26 heavy (non-hydrogen) atoms. The van der Waals surface area contributed by atoms with Crippen LogP contribution in [0.4, 0.5) is 5.82 Å². The van der Waals surface area contributed by atoms with Crippen molar-refractivity contribution in [3.63, 3.8) is 0 Å². The lowest BCUT2D eigenvalue weighted by molar-refractivity contribution is 0.954. The molecule has 0 fully saturated rings. The molecule has 2 N–H and O–H groups in total. The molecular weight excluding hydrogens is 318 g/mol. The monoisotopic (exact) mass is 340 g/mol. The van der Waals surface area contributed by atoms with Crippen LogP contribution in [0.5, 0.6) is 0 Å². The Morgan fingerprint density at radius 2 is 1.69 bits per heavy atom. The summed E-state index contributed by atoms with van der Waals surface area (Å²) in [6.45, 7) is 4.12. The number of hydrogen-bond donors (Lipinski definition) is 1. The van der Waals surface area contributed by atoms with Gasteiger partial charge in [0.05, 0.1) is 5.52 Å². The number of aryl methyl sites for hydroxylation is 3. The molecule has 0 saturated heterocycles. The maximum Gasteiger partial charge on any atom is 0.150 e. The minimum Gasteiger partial charge on any atom is -0.382 e. The van der Waals surface area contributed by atoms with Crippen molar-refractivity contribution < 1.29 is 0 Å². The van der Waals surface area contributed by atoms with Gasteiger partial charge in [-0.1, -0.05) is 43.3 Å². The molecule has 2 aromatic heterocycles. The van der Waals surface area contributed by atoms with Crippen LogP contribution in [0.2, 0.25) is 0 Å². The van der Waals surface area contributed by atoms with Crippen molar-refractivity contribution in [1.29, 1.82) is 0 Å². The molecule has 0 aliphatic carbocycles. The average Bonchev–Trinajstić information content (AvgIpc) is 2.66. The summed E-state index contributed by atoms with van der Waals surface area (Å²) in [6.07, 6.45) is 5.99. The van der Waals surface area contributed by atoms with E-state index in [0.29, 0.717) is 5.82 Å². The first-order valence-electron chi connectivity index (χ1n) is 8.97. The van der Waals surface area contributed by atoms with Gasteiger partial charge in [-0.15, -0.1) is 0 Å². The zero-order valence-electron chi connectivity index (χ0n) is 15.2. The number of nitrogens with two attached hydrogens (primary N) is 1. The molecule has 4 rings (SSSR count). The fourth-order valence-electron chi connectivity index (χ4n) is 3.36. The molecule has 4 aromatic rings. The van der Waals surface area contributed by atoms with Gasteiger partial charge >= 0.3 is 0 Å². The summed E-state index contributed by atoms with van der Waals surface area (Å²) in [5, 5.41) is 2.19. The highest BCUT2D eigenvalue weighted by atomic mass is 14.9. The van der Waals surface area contributed by atoms with Crippen LogP contribution < -0.4 is 5.73 Å². The van der Waals surface area contributed by atoms with Gasteiger partial charge in [-0.25, -0.2) is 4.98 Å². The van der Waals surface area contributed by atoms with Gasteiger partial charge in [0.25, 0.3) is 0 Å². The Labute approximate surface area is 153 Å². The number of aromatic nitrogens is 2. The number of anilines is 1. The molecule has 3 heteroatoms. The van der Waals surface area contributed by atoms with Crippen molar-refractivity contribution in [2.24, 2.45) is 0 Å². The van der Waals surface area contributed by atoms with Crippen LogP contribution >= 0.6 is 0 Å². The van der Waals surface area contributed by atoms with Gasteiger partial charge in [0.1, 0.15) is 5.52 Å². The largest absolute Gasteiger partial charge is 0.382 e. The maximum atomic E-state index is 6.14. The van der Waals surface area contributed by atoms with Crippen molar-refractivity contribution in [2.75, 3.05) is 5.73 Å². The first-order chi connectivity index (χ1) is 12.6. The Morgan fingerprint density at radius 1 is 0.923 bits per heavy atom. The van der Waals surface area contributed by atoms with Crippen molar-refractivity contribution in [3.05, 3.63) is 83.4 Å². The number of hydrogen-bond acceptors (Lipinski definition) is 3. The molecule has 0 unspecified atom stereocenters. The molecule has 0 bridgehead atoms. The summed E-state index contributed by atoms with van der Waals surface area (Å²) in [4.78, 5) is 9.12. The highest BCUT2D eigenvalue weighted by molar-refractivity contribution is 6.08. The average molecular weight is 340 g/mol. The minimum atomic E-state index is 0.496. The molecule has 1 radical (unpaired) electrons. The molecule has 0 amide bonds. The zero-order valence-corrected chi connectivity index (χ0v) is 15.2. The third-order valence-electron chi connectivity index (χ3n) is 4.89. The highest BCUT2D eigenvalue weighted by Gasteiger charge is 2.09. The lowest BCUT2D eigenvalue weighted by Gasteiger charge is -2.09. The molecule has 0 aliphatic rings. The second kappa shape index (κ2) is 6.75. The van der Waals surface area contributed by atoms with Crippen molar-refractivity contribution >= 4 is 27.6 Å². The van der Waals surface area contributed by atoms with E-state index in [4.69, 9.17) is 5.73 Å². The second-order valence-corrected chi connectivity index (χ2v) is 6.79. The molecule has 0 spiro atoms. The van der Waals surface area contributed by atoms with E-state index in [1.54, 1.807) is 0 Å². The van der Waals surface area contributed by atoms with E-state index in [0.717, 1.165) is 34.6 Å². The van der Waals surface area contributed by atoms with Gasteiger partial charge in [0.2, 0.25) is 0 Å². The summed E-state index contributed by atoms with van der Waals surface area (Å²) in [7, 11) is 0. The van der Waals surface area contributed by atoms with Gasteiger partial charge in [-0.2, -0.15) is 0 Å². The van der Waals surface area contributed by atoms with Crippen LogP contribution in [0.25, 0.3) is 21.8 Å². The standard InChI is InChI=1S/C23H22N3/c1-3-16-5-7-17(8-6-16)9-10-18-13-20-19-11-4-15(2)12-21(19)26-23(24)22(20)25-14-18/h3-8,11-14H,9-10H2,1-2H3,(H2,24,26). The molecular formula is C23H22N3. The van der Waals surface area contributed by atoms with E-state index in [2.05, 4.69) is 78.8 Å². The van der Waals surface area contributed by atoms with E-state index < -0.39 is 0 Å². The molecule has 0 atom stereocenters. The number of nitrogen functional groups attached to an aromatic ring is 1. The highest BCUT2D eigenvalue weighted by Crippen LogP contribution is 2.28. The number of fused-ring (bicyclic) bond motifs is 3. The molecule has 129 valence electrons. The predicted octanol–water partition coefficient (Wildman–Crippen LogP) is 5.03. The third kappa shape index (κ3) is 3.13. The first kappa shape index (κ1) is 16.5. The number of benzene rings is 2. The van der Waals surface area contributed by atoms with Crippen molar-refractivity contribution in [2.45, 2.75) is 26.7 Å². The van der Waals surface area contributed by atoms with E-state index >= 15 is 0 Å². The van der Waals surface area contributed by atoms with Gasteiger partial charge < -0.3 is 5.73 Å². The fraction of sp³-hybridized carbons (Fsp3) is 0.174. The summed E-state index contributed by atoms with van der Waals surface area (Å²) < 4.78 is 0. The van der Waals surface area contributed by atoms with Crippen LogP contribution in [0, 0.1) is 13.3 Å². The summed E-state index contributed by atoms with van der Waals surface area (Å²) >= 11 is 0. The Hall–Kier alpha value is -2.94. The van der Waals surface area contributed by atoms with Crippen LogP contribution in [-0.2, 0) is 12.8 Å². The molecule has 2 heterocycles. The SMILES string of the molecule is C[CH]c1ccc(CCc2cnc3c(N)nc4cc(C)ccc4c3c2)cc1. The van der Waals surface area contributed by atoms with Crippen molar-refractivity contribution in [1.82, 2.24) is 9.97 Å². The Bertz CT molecular complexity index is 1080. The second-order valence-electron chi connectivity index (χ2n) is 6.79. The quantitative estimate of drug-likeness (QED) is 0.530. The molecule has 0 saturated carbocycles. The van der Waals surface area contributed by atoms with Crippen LogP contribution in [0.3, 0.4) is 0 Å². The van der Waals surface area contributed by atoms with Gasteiger partial charge in [-0.05, 0) is 60.6 Å². The first-order valence-corrected chi connectivity index (χ1v) is 8.97. The third-order valence-corrected chi connectivity index (χ3v) is 4.89. The lowest BCUT2D eigenvalue weighted by Crippen LogP contribution is -1.98. The smallest absolute Gasteiger partial charge is 0.150 e. The normalized spacial score (nSPS) is 11.3. The zero-order chi connectivity index (χ0) is 18.1. The Kier molecular flexibility index (Phi) is 4.29. The van der Waals surface area contributed by atoms with E-state index in [-0.39, 0.29) is 0 Å². The number of pyridine rings is 2. The summed E-state index contributed by atoms with van der Waals surface area (Å²) in [5.74, 6) is 0.496. The van der Waals surface area contributed by atoms with Crippen molar-refractivity contribution in [3.8, 4) is 0 Å². The molecule has 0 aliphatic heterocycles. The van der Waals surface area contributed by atoms with Crippen LogP contribution in [0.1, 0.15) is 29.2 Å². The fourth-order valence-corrected chi connectivity index (χ4v) is 3.36. The molecule has 3 nitrogen and oxygen atoms in total. The predicted molar refractivity (Wildman–Crippen MR) is 109 cm³/mol. The van der Waals surface area contributed by atoms with Gasteiger partial charge in [0, 0.05) is 17.0 Å². The van der Waals surface area contributed by atoms with E-state index in [1.807, 2.05) is 6.20 Å².